The minimum atomic E-state index is 0.150. The van der Waals surface area contributed by atoms with Gasteiger partial charge >= 0.3 is 0 Å². The molecule has 0 radical (unpaired) electrons. The van der Waals surface area contributed by atoms with Crippen LogP contribution in [0.1, 0.15) is 43.5 Å². The maximum absolute atomic E-state index is 11.8. The second-order valence-electron chi connectivity index (χ2n) is 4.46. The molecule has 1 aromatic heterocycles. The molecule has 1 N–H and O–H groups in total. The fourth-order valence-corrected chi connectivity index (χ4v) is 2.63. The molecule has 0 spiro atoms. The van der Waals surface area contributed by atoms with E-state index in [4.69, 9.17) is 0 Å². The summed E-state index contributed by atoms with van der Waals surface area (Å²) in [6.07, 6.45) is 4.41. The summed E-state index contributed by atoms with van der Waals surface area (Å²) in [5.74, 6) is 0. The van der Waals surface area contributed by atoms with Crippen molar-refractivity contribution in [3.05, 3.63) is 33.7 Å². The molecular weight excluding hydrogens is 200 g/mol. The Morgan fingerprint density at radius 3 is 3.00 bits per heavy atom. The van der Waals surface area contributed by atoms with Crippen molar-refractivity contribution in [2.45, 2.75) is 45.2 Å². The third-order valence-corrected chi connectivity index (χ3v) is 3.41. The minimum Gasteiger partial charge on any atom is -0.313 e. The first-order valence-corrected chi connectivity index (χ1v) is 6.17. The van der Waals surface area contributed by atoms with Gasteiger partial charge < -0.3 is 9.88 Å². The van der Waals surface area contributed by atoms with E-state index >= 15 is 0 Å². The van der Waals surface area contributed by atoms with Gasteiger partial charge in [-0.2, -0.15) is 0 Å². The zero-order valence-corrected chi connectivity index (χ0v) is 10.1. The highest BCUT2D eigenvalue weighted by Crippen LogP contribution is 2.28. The normalized spacial score (nSPS) is 19.5. The molecule has 0 aliphatic heterocycles. The van der Waals surface area contributed by atoms with Gasteiger partial charge in [0.15, 0.2) is 0 Å². The summed E-state index contributed by atoms with van der Waals surface area (Å²) in [7, 11) is 2.00. The first-order chi connectivity index (χ1) is 7.77. The van der Waals surface area contributed by atoms with E-state index in [1.54, 1.807) is 6.07 Å². The van der Waals surface area contributed by atoms with Crippen LogP contribution in [0.25, 0.3) is 0 Å². The topological polar surface area (TPSA) is 34.0 Å². The first kappa shape index (κ1) is 11.4. The maximum atomic E-state index is 11.8. The molecule has 3 nitrogen and oxygen atoms in total. The Morgan fingerprint density at radius 2 is 2.31 bits per heavy atom. The van der Waals surface area contributed by atoms with Crippen molar-refractivity contribution in [2.24, 2.45) is 0 Å². The molecule has 0 fully saturated rings. The Kier molecular flexibility index (Phi) is 3.44. The van der Waals surface area contributed by atoms with Crippen LogP contribution in [0.2, 0.25) is 0 Å². The van der Waals surface area contributed by atoms with Crippen molar-refractivity contribution in [2.75, 3.05) is 7.05 Å². The number of nitrogens with zero attached hydrogens (tertiary/aromatic N) is 1. The summed E-state index contributed by atoms with van der Waals surface area (Å²) in [5.41, 5.74) is 2.72. The van der Waals surface area contributed by atoms with Crippen molar-refractivity contribution < 1.29 is 0 Å². The second-order valence-corrected chi connectivity index (χ2v) is 4.46. The number of fused-ring (bicyclic) bond motifs is 1. The molecule has 16 heavy (non-hydrogen) atoms. The third kappa shape index (κ3) is 1.92. The summed E-state index contributed by atoms with van der Waals surface area (Å²) in [6, 6.07) is 4.14. The van der Waals surface area contributed by atoms with Crippen molar-refractivity contribution in [1.29, 1.82) is 0 Å². The van der Waals surface area contributed by atoms with Gasteiger partial charge in [0, 0.05) is 24.3 Å². The lowest BCUT2D eigenvalue weighted by Gasteiger charge is -2.27. The van der Waals surface area contributed by atoms with Crippen LogP contribution in [0.5, 0.6) is 0 Å². The number of hydrogen-bond acceptors (Lipinski definition) is 2. The van der Waals surface area contributed by atoms with E-state index in [0.717, 1.165) is 19.4 Å². The lowest BCUT2D eigenvalue weighted by molar-refractivity contribution is 0.466. The molecule has 1 aromatic rings. The zero-order chi connectivity index (χ0) is 11.5. The van der Waals surface area contributed by atoms with E-state index in [2.05, 4.69) is 12.2 Å². The van der Waals surface area contributed by atoms with E-state index in [-0.39, 0.29) is 5.56 Å². The average Bonchev–Trinajstić information content (AvgIpc) is 2.32. The summed E-state index contributed by atoms with van der Waals surface area (Å²) < 4.78 is 1.96. The minimum absolute atomic E-state index is 0.150. The van der Waals surface area contributed by atoms with Crippen molar-refractivity contribution >= 4 is 0 Å². The van der Waals surface area contributed by atoms with Gasteiger partial charge in [-0.3, -0.25) is 4.79 Å². The van der Waals surface area contributed by atoms with Gasteiger partial charge in [-0.1, -0.05) is 13.0 Å². The van der Waals surface area contributed by atoms with Crippen molar-refractivity contribution in [1.82, 2.24) is 9.88 Å². The van der Waals surface area contributed by atoms with Gasteiger partial charge in [0.25, 0.3) is 5.56 Å². The third-order valence-electron chi connectivity index (χ3n) is 3.41. The fraction of sp³-hybridized carbons (Fsp3) is 0.615. The highest BCUT2D eigenvalue weighted by molar-refractivity contribution is 5.27. The molecule has 1 aliphatic carbocycles. The Labute approximate surface area is 96.5 Å². The van der Waals surface area contributed by atoms with Crippen LogP contribution in [0, 0.1) is 0 Å². The van der Waals surface area contributed by atoms with E-state index in [0.29, 0.717) is 6.04 Å². The van der Waals surface area contributed by atoms with Crippen LogP contribution < -0.4 is 10.9 Å². The lowest BCUT2D eigenvalue weighted by Crippen LogP contribution is -2.30. The number of hydrogen-bond donors (Lipinski definition) is 1. The number of aromatic nitrogens is 1. The molecule has 2 rings (SSSR count). The standard InChI is InChI=1S/C13H20N2O/c1-3-9-15-12-6-4-5-11(14-2)10(12)7-8-13(15)16/h7-8,11,14H,3-6,9H2,1-2H3. The molecule has 1 heterocycles. The zero-order valence-electron chi connectivity index (χ0n) is 10.1. The predicted octanol–water partition coefficient (Wildman–Crippen LogP) is 1.86. The Morgan fingerprint density at radius 1 is 1.50 bits per heavy atom. The molecule has 0 amide bonds. The molecule has 0 saturated heterocycles. The average molecular weight is 220 g/mol. The van der Waals surface area contributed by atoms with E-state index < -0.39 is 0 Å². The summed E-state index contributed by atoms with van der Waals surface area (Å²) in [6.45, 7) is 2.96. The van der Waals surface area contributed by atoms with Gasteiger partial charge in [-0.05, 0) is 38.3 Å². The lowest BCUT2D eigenvalue weighted by atomic mass is 9.91. The molecule has 0 aromatic carbocycles. The quantitative estimate of drug-likeness (QED) is 0.843. The SMILES string of the molecule is CCCn1c2c(ccc1=O)C(NC)CCC2. The largest absolute Gasteiger partial charge is 0.313 e. The number of rotatable bonds is 3. The van der Waals surface area contributed by atoms with Crippen molar-refractivity contribution in [3.63, 3.8) is 0 Å². The van der Waals surface area contributed by atoms with Crippen LogP contribution in [-0.4, -0.2) is 11.6 Å². The molecule has 0 saturated carbocycles. The molecule has 88 valence electrons. The smallest absolute Gasteiger partial charge is 0.250 e. The van der Waals surface area contributed by atoms with Gasteiger partial charge in [0.05, 0.1) is 0 Å². The van der Waals surface area contributed by atoms with Crippen LogP contribution in [-0.2, 0) is 13.0 Å². The van der Waals surface area contributed by atoms with Crippen LogP contribution in [0.15, 0.2) is 16.9 Å². The van der Waals surface area contributed by atoms with Crippen LogP contribution >= 0.6 is 0 Å². The predicted molar refractivity (Wildman–Crippen MR) is 65.7 cm³/mol. The summed E-state index contributed by atoms with van der Waals surface area (Å²) in [4.78, 5) is 11.8. The molecule has 1 unspecified atom stereocenters. The molecule has 1 aliphatic rings. The van der Waals surface area contributed by atoms with Gasteiger partial charge in [-0.15, -0.1) is 0 Å². The number of pyridine rings is 1. The molecule has 0 bridgehead atoms. The molecular formula is C13H20N2O. The Bertz CT molecular complexity index is 422. The highest BCUT2D eigenvalue weighted by atomic mass is 16.1. The van der Waals surface area contributed by atoms with E-state index in [1.165, 1.54) is 24.1 Å². The summed E-state index contributed by atoms with van der Waals surface area (Å²) >= 11 is 0. The van der Waals surface area contributed by atoms with Gasteiger partial charge in [-0.25, -0.2) is 0 Å². The molecule has 1 atom stereocenters. The maximum Gasteiger partial charge on any atom is 0.250 e. The van der Waals surface area contributed by atoms with E-state index in [9.17, 15) is 4.79 Å². The monoisotopic (exact) mass is 220 g/mol. The van der Waals surface area contributed by atoms with E-state index in [1.807, 2.05) is 17.7 Å². The Balaban J connectivity index is 2.50. The summed E-state index contributed by atoms with van der Waals surface area (Å²) in [5, 5.41) is 3.33. The molecule has 3 heteroatoms. The fourth-order valence-electron chi connectivity index (χ4n) is 2.63. The van der Waals surface area contributed by atoms with Crippen LogP contribution in [0.4, 0.5) is 0 Å². The number of nitrogens with one attached hydrogen (secondary N) is 1. The first-order valence-electron chi connectivity index (χ1n) is 6.17. The Hall–Kier alpha value is -1.09. The van der Waals surface area contributed by atoms with Crippen molar-refractivity contribution in [3.8, 4) is 0 Å². The van der Waals surface area contributed by atoms with Gasteiger partial charge in [0.2, 0.25) is 0 Å². The van der Waals surface area contributed by atoms with Gasteiger partial charge in [0.1, 0.15) is 0 Å². The van der Waals surface area contributed by atoms with Crippen LogP contribution in [0.3, 0.4) is 0 Å². The second kappa shape index (κ2) is 4.83. The highest BCUT2D eigenvalue weighted by Gasteiger charge is 2.21.